The van der Waals surface area contributed by atoms with Gasteiger partial charge in [-0.05, 0) is 53.4 Å². The molecule has 0 unspecified atom stereocenters. The Morgan fingerprint density at radius 2 is 1.84 bits per heavy atom. The molecule has 2 heterocycles. The fourth-order valence-corrected chi connectivity index (χ4v) is 5.59. The highest BCUT2D eigenvalue weighted by Crippen LogP contribution is 2.30. The van der Waals surface area contributed by atoms with Crippen LogP contribution < -0.4 is 10.1 Å². The van der Waals surface area contributed by atoms with Gasteiger partial charge in [0.1, 0.15) is 11.8 Å². The molecule has 0 radical (unpaired) electrons. The van der Waals surface area contributed by atoms with Crippen LogP contribution in [-0.4, -0.2) is 29.9 Å². The minimum absolute atomic E-state index is 0.133. The average Bonchev–Trinajstić information content (AvgIpc) is 3.54. The van der Waals surface area contributed by atoms with Crippen molar-refractivity contribution in [1.29, 1.82) is 0 Å². The second-order valence-electron chi connectivity index (χ2n) is 8.01. The molecule has 0 aliphatic heterocycles. The van der Waals surface area contributed by atoms with Crippen LogP contribution in [0.2, 0.25) is 0 Å². The first-order valence-electron chi connectivity index (χ1n) is 11.0. The Bertz CT molecular complexity index is 1010. The van der Waals surface area contributed by atoms with E-state index in [0.717, 1.165) is 36.1 Å². The predicted octanol–water partition coefficient (Wildman–Crippen LogP) is 5.65. The van der Waals surface area contributed by atoms with Crippen molar-refractivity contribution in [2.75, 3.05) is 7.11 Å². The maximum Gasteiger partial charge on any atom is 0.265 e. The largest absolute Gasteiger partial charge is 0.497 e. The van der Waals surface area contributed by atoms with E-state index in [4.69, 9.17) is 4.74 Å². The van der Waals surface area contributed by atoms with Gasteiger partial charge in [-0.1, -0.05) is 43.5 Å². The quantitative estimate of drug-likeness (QED) is 0.465. The molecule has 168 valence electrons. The van der Waals surface area contributed by atoms with E-state index in [-0.39, 0.29) is 17.9 Å². The van der Waals surface area contributed by atoms with Crippen LogP contribution in [0.3, 0.4) is 0 Å². The van der Waals surface area contributed by atoms with Crippen molar-refractivity contribution in [3.63, 3.8) is 0 Å². The molecule has 2 aromatic heterocycles. The van der Waals surface area contributed by atoms with Crippen LogP contribution in [0, 0.1) is 0 Å². The SMILES string of the molecule is COc1cccc([C@@H](C(=O)NC2CCCCC2)N(Cc2cccs2)C(=O)c2cccs2)c1. The lowest BCUT2D eigenvalue weighted by atomic mass is 9.94. The maximum absolute atomic E-state index is 13.7. The Morgan fingerprint density at radius 1 is 1.06 bits per heavy atom. The van der Waals surface area contributed by atoms with Gasteiger partial charge in [-0.3, -0.25) is 9.59 Å². The lowest BCUT2D eigenvalue weighted by molar-refractivity contribution is -0.127. The summed E-state index contributed by atoms with van der Waals surface area (Å²) < 4.78 is 5.42. The molecule has 1 aliphatic carbocycles. The lowest BCUT2D eigenvalue weighted by Crippen LogP contribution is -2.46. The van der Waals surface area contributed by atoms with Gasteiger partial charge in [0.05, 0.1) is 18.5 Å². The van der Waals surface area contributed by atoms with E-state index in [1.54, 1.807) is 23.3 Å². The van der Waals surface area contributed by atoms with Gasteiger partial charge in [-0.25, -0.2) is 0 Å². The van der Waals surface area contributed by atoms with Crippen LogP contribution in [0.25, 0.3) is 0 Å². The molecule has 5 nitrogen and oxygen atoms in total. The summed E-state index contributed by atoms with van der Waals surface area (Å²) in [6, 6.07) is 14.5. The first-order chi connectivity index (χ1) is 15.7. The number of hydrogen-bond acceptors (Lipinski definition) is 5. The number of nitrogens with one attached hydrogen (secondary N) is 1. The monoisotopic (exact) mass is 468 g/mol. The molecule has 1 saturated carbocycles. The number of hydrogen-bond donors (Lipinski definition) is 1. The minimum atomic E-state index is -0.747. The molecule has 1 fully saturated rings. The first kappa shape index (κ1) is 22.6. The van der Waals surface area contributed by atoms with Crippen molar-refractivity contribution in [3.8, 4) is 5.75 Å². The van der Waals surface area contributed by atoms with E-state index in [0.29, 0.717) is 17.2 Å². The average molecular weight is 469 g/mol. The smallest absolute Gasteiger partial charge is 0.265 e. The summed E-state index contributed by atoms with van der Waals surface area (Å²) in [5.41, 5.74) is 0.749. The first-order valence-corrected chi connectivity index (χ1v) is 12.7. The zero-order valence-electron chi connectivity index (χ0n) is 18.2. The van der Waals surface area contributed by atoms with Crippen LogP contribution >= 0.6 is 22.7 Å². The van der Waals surface area contributed by atoms with Crippen molar-refractivity contribution in [2.45, 2.75) is 50.7 Å². The van der Waals surface area contributed by atoms with Gasteiger partial charge >= 0.3 is 0 Å². The van der Waals surface area contributed by atoms with Crippen molar-refractivity contribution < 1.29 is 14.3 Å². The van der Waals surface area contributed by atoms with E-state index < -0.39 is 6.04 Å². The Labute approximate surface area is 197 Å². The molecule has 32 heavy (non-hydrogen) atoms. The number of thiophene rings is 2. The third-order valence-corrected chi connectivity index (χ3v) is 7.54. The molecule has 2 amide bonds. The van der Waals surface area contributed by atoms with E-state index in [1.165, 1.54) is 17.8 Å². The minimum Gasteiger partial charge on any atom is -0.497 e. The summed E-state index contributed by atoms with van der Waals surface area (Å²) in [4.78, 5) is 30.7. The summed E-state index contributed by atoms with van der Waals surface area (Å²) in [6.45, 7) is 0.369. The summed E-state index contributed by atoms with van der Waals surface area (Å²) >= 11 is 2.98. The summed E-state index contributed by atoms with van der Waals surface area (Å²) in [6.07, 6.45) is 5.44. The van der Waals surface area contributed by atoms with Crippen LogP contribution in [0.1, 0.15) is 58.3 Å². The van der Waals surface area contributed by atoms with Crippen LogP contribution in [-0.2, 0) is 11.3 Å². The standard InChI is InChI=1S/C25H28N2O3S2/c1-30-20-11-5-8-18(16-20)23(24(28)26-19-9-3-2-4-10-19)27(17-21-12-6-14-31-21)25(29)22-13-7-15-32-22/h5-8,11-16,19,23H,2-4,9-10,17H2,1H3,(H,26,28)/t23-/m0/s1. The third-order valence-electron chi connectivity index (χ3n) is 5.82. The van der Waals surface area contributed by atoms with Gasteiger partial charge in [0.2, 0.25) is 5.91 Å². The molecule has 1 aromatic carbocycles. The Morgan fingerprint density at radius 3 is 2.53 bits per heavy atom. The van der Waals surface area contributed by atoms with Gasteiger partial charge in [-0.15, -0.1) is 22.7 Å². The highest BCUT2D eigenvalue weighted by Gasteiger charge is 2.34. The predicted molar refractivity (Wildman–Crippen MR) is 129 cm³/mol. The molecule has 1 aliphatic rings. The molecular formula is C25H28N2O3S2. The maximum atomic E-state index is 13.7. The van der Waals surface area contributed by atoms with E-state index >= 15 is 0 Å². The molecule has 4 rings (SSSR count). The van der Waals surface area contributed by atoms with Crippen LogP contribution in [0.4, 0.5) is 0 Å². The normalized spacial score (nSPS) is 15.2. The van der Waals surface area contributed by atoms with E-state index in [2.05, 4.69) is 5.32 Å². The molecule has 1 N–H and O–H groups in total. The molecule has 7 heteroatoms. The van der Waals surface area contributed by atoms with Crippen molar-refractivity contribution >= 4 is 34.5 Å². The highest BCUT2D eigenvalue weighted by molar-refractivity contribution is 7.12. The number of carbonyl (C=O) groups excluding carboxylic acids is 2. The van der Waals surface area contributed by atoms with Crippen molar-refractivity contribution in [1.82, 2.24) is 10.2 Å². The van der Waals surface area contributed by atoms with Gasteiger partial charge < -0.3 is 15.0 Å². The van der Waals surface area contributed by atoms with Gasteiger partial charge in [0.25, 0.3) is 5.91 Å². The summed E-state index contributed by atoms with van der Waals surface area (Å²) in [7, 11) is 1.61. The zero-order valence-corrected chi connectivity index (χ0v) is 19.8. The van der Waals surface area contributed by atoms with E-state index in [9.17, 15) is 9.59 Å². The van der Waals surface area contributed by atoms with Gasteiger partial charge in [-0.2, -0.15) is 0 Å². The molecule has 3 aromatic rings. The number of rotatable bonds is 8. The van der Waals surface area contributed by atoms with Gasteiger partial charge in [0.15, 0.2) is 0 Å². The number of carbonyl (C=O) groups is 2. The third kappa shape index (κ3) is 5.40. The van der Waals surface area contributed by atoms with E-state index in [1.807, 2.05) is 59.3 Å². The Kier molecular flexibility index (Phi) is 7.60. The second kappa shape index (κ2) is 10.8. The molecule has 0 bridgehead atoms. The molecule has 1 atom stereocenters. The van der Waals surface area contributed by atoms with Crippen LogP contribution in [0.15, 0.2) is 59.3 Å². The van der Waals surface area contributed by atoms with Gasteiger partial charge in [0, 0.05) is 10.9 Å². The van der Waals surface area contributed by atoms with Crippen LogP contribution in [0.5, 0.6) is 5.75 Å². The molecule has 0 saturated heterocycles. The number of methoxy groups -OCH3 is 1. The number of ether oxygens (including phenoxy) is 1. The fourth-order valence-electron chi connectivity index (χ4n) is 4.20. The molecular weight excluding hydrogens is 440 g/mol. The lowest BCUT2D eigenvalue weighted by Gasteiger charge is -2.33. The summed E-state index contributed by atoms with van der Waals surface area (Å²) in [5.74, 6) is 0.393. The second-order valence-corrected chi connectivity index (χ2v) is 9.99. The molecule has 0 spiro atoms. The van der Waals surface area contributed by atoms with Crippen molar-refractivity contribution in [2.24, 2.45) is 0 Å². The Hall–Kier alpha value is -2.64. The van der Waals surface area contributed by atoms with Crippen molar-refractivity contribution in [3.05, 3.63) is 74.6 Å². The number of benzene rings is 1. The Balaban J connectivity index is 1.72. The summed E-state index contributed by atoms with van der Waals surface area (Å²) in [5, 5.41) is 7.13. The number of amides is 2. The fraction of sp³-hybridized carbons (Fsp3) is 0.360. The number of nitrogens with zero attached hydrogens (tertiary/aromatic N) is 1. The topological polar surface area (TPSA) is 58.6 Å². The zero-order chi connectivity index (χ0) is 22.3. The highest BCUT2D eigenvalue weighted by atomic mass is 32.1.